The summed E-state index contributed by atoms with van der Waals surface area (Å²) in [6.45, 7) is 2.24. The Balaban J connectivity index is 3.60. The predicted octanol–water partition coefficient (Wildman–Crippen LogP) is 0.923. The maximum atomic E-state index is 10.1. The smallest absolute Gasteiger partial charge is 0.413 e. The van der Waals surface area contributed by atoms with Gasteiger partial charge in [0.1, 0.15) is 0 Å². The molecule has 0 bridgehead atoms. The maximum absolute atomic E-state index is 10.1. The number of unbranched alkanes of at least 4 members (excludes halogenated alkanes) is 1. The van der Waals surface area contributed by atoms with Crippen molar-refractivity contribution in [2.24, 2.45) is 0 Å². The van der Waals surface area contributed by atoms with Crippen molar-refractivity contribution in [1.29, 1.82) is 0 Å². The van der Waals surface area contributed by atoms with Crippen molar-refractivity contribution in [2.45, 2.75) is 19.8 Å². The van der Waals surface area contributed by atoms with E-state index in [2.05, 4.69) is 0 Å². The van der Waals surface area contributed by atoms with E-state index in [9.17, 15) is 9.59 Å². The normalized spacial score (nSPS) is 8.90. The van der Waals surface area contributed by atoms with Gasteiger partial charge in [-0.2, -0.15) is 0 Å². The van der Waals surface area contributed by atoms with Gasteiger partial charge in [-0.15, -0.1) is 0 Å². The second-order valence-corrected chi connectivity index (χ2v) is 1.93. The van der Waals surface area contributed by atoms with Crippen LogP contribution in [0.2, 0.25) is 0 Å². The van der Waals surface area contributed by atoms with Crippen molar-refractivity contribution in [3.63, 3.8) is 0 Å². The van der Waals surface area contributed by atoms with Crippen LogP contribution < -0.4 is 0 Å². The highest BCUT2D eigenvalue weighted by molar-refractivity contribution is 5.78. The van der Waals surface area contributed by atoms with Gasteiger partial charge in [-0.1, -0.05) is 13.3 Å². The van der Waals surface area contributed by atoms with Gasteiger partial charge in [0.25, 0.3) is 0 Å². The van der Waals surface area contributed by atoms with E-state index in [1.54, 1.807) is 0 Å². The Morgan fingerprint density at radius 2 is 2.30 bits per heavy atom. The molecule has 0 aromatic heterocycles. The summed E-state index contributed by atoms with van der Waals surface area (Å²) in [5, 5.41) is 8.29. The third kappa shape index (κ3) is 3.06. The fourth-order valence-corrected chi connectivity index (χ4v) is 0.522. The van der Waals surface area contributed by atoms with Crippen LogP contribution in [0.1, 0.15) is 19.8 Å². The van der Waals surface area contributed by atoms with Crippen LogP contribution in [-0.4, -0.2) is 29.1 Å². The number of carboxylic acid groups (broad SMARTS) is 1. The number of hydrogen-bond acceptors (Lipinski definition) is 2. The van der Waals surface area contributed by atoms with Crippen LogP contribution in [0, 0.1) is 0 Å². The van der Waals surface area contributed by atoms with E-state index >= 15 is 0 Å². The predicted molar refractivity (Wildman–Crippen MR) is 35.7 cm³/mol. The molecule has 0 rings (SSSR count). The minimum absolute atomic E-state index is 0.301. The number of carbonyl (C=O) groups is 2. The molecular formula is C6H11NO3. The molecule has 2 amide bonds. The first-order valence-corrected chi connectivity index (χ1v) is 3.17. The van der Waals surface area contributed by atoms with E-state index in [0.29, 0.717) is 13.0 Å². The molecule has 4 nitrogen and oxygen atoms in total. The average Bonchev–Trinajstić information content (AvgIpc) is 1.89. The molecule has 10 heavy (non-hydrogen) atoms. The molecule has 0 aromatic rings. The Bertz CT molecular complexity index is 124. The Labute approximate surface area is 59.4 Å². The van der Waals surface area contributed by atoms with Crippen molar-refractivity contribution in [3.05, 3.63) is 0 Å². The lowest BCUT2D eigenvalue weighted by Gasteiger charge is -2.08. The molecule has 0 aliphatic heterocycles. The Kier molecular flexibility index (Phi) is 4.28. The van der Waals surface area contributed by atoms with Gasteiger partial charge in [0.15, 0.2) is 0 Å². The lowest BCUT2D eigenvalue weighted by Crippen LogP contribution is -2.28. The first-order chi connectivity index (χ1) is 4.72. The van der Waals surface area contributed by atoms with Gasteiger partial charge in [0.05, 0.1) is 0 Å². The van der Waals surface area contributed by atoms with Crippen molar-refractivity contribution in [3.8, 4) is 0 Å². The maximum Gasteiger partial charge on any atom is 0.413 e. The van der Waals surface area contributed by atoms with Gasteiger partial charge in [-0.3, -0.25) is 9.69 Å². The standard InChI is InChI=1S/C6H11NO3/c1-2-3-4-7(5-8)6(9)10/h5H,2-4H2,1H3,(H,9,10). The van der Waals surface area contributed by atoms with Crippen molar-refractivity contribution in [1.82, 2.24) is 4.90 Å². The summed E-state index contributed by atoms with van der Waals surface area (Å²) in [6, 6.07) is 0. The summed E-state index contributed by atoms with van der Waals surface area (Å²) in [6.07, 6.45) is 0.768. The largest absolute Gasteiger partial charge is 0.465 e. The average molecular weight is 145 g/mol. The lowest BCUT2D eigenvalue weighted by molar-refractivity contribution is -0.116. The third-order valence-electron chi connectivity index (χ3n) is 1.13. The first-order valence-electron chi connectivity index (χ1n) is 3.17. The highest BCUT2D eigenvalue weighted by Crippen LogP contribution is 1.91. The minimum atomic E-state index is -1.18. The van der Waals surface area contributed by atoms with E-state index in [1.165, 1.54) is 0 Å². The second kappa shape index (κ2) is 4.78. The highest BCUT2D eigenvalue weighted by Gasteiger charge is 2.07. The number of amides is 2. The molecule has 0 spiro atoms. The zero-order valence-corrected chi connectivity index (χ0v) is 5.91. The molecule has 0 aliphatic rings. The Morgan fingerprint density at radius 1 is 1.70 bits per heavy atom. The fourth-order valence-electron chi connectivity index (χ4n) is 0.522. The molecule has 0 unspecified atom stereocenters. The highest BCUT2D eigenvalue weighted by atomic mass is 16.4. The molecule has 0 radical (unpaired) electrons. The van der Waals surface area contributed by atoms with E-state index in [-0.39, 0.29) is 0 Å². The summed E-state index contributed by atoms with van der Waals surface area (Å²) < 4.78 is 0. The molecule has 0 heterocycles. The van der Waals surface area contributed by atoms with Crippen molar-refractivity contribution in [2.75, 3.05) is 6.54 Å². The van der Waals surface area contributed by atoms with Crippen LogP contribution in [0.25, 0.3) is 0 Å². The van der Waals surface area contributed by atoms with E-state index in [0.717, 1.165) is 17.7 Å². The molecule has 0 atom stereocenters. The number of hydrogen-bond donors (Lipinski definition) is 1. The van der Waals surface area contributed by atoms with E-state index in [1.807, 2.05) is 6.92 Å². The van der Waals surface area contributed by atoms with Crippen LogP contribution >= 0.6 is 0 Å². The van der Waals surface area contributed by atoms with E-state index in [4.69, 9.17) is 5.11 Å². The number of carbonyl (C=O) groups excluding carboxylic acids is 1. The van der Waals surface area contributed by atoms with Gasteiger partial charge in [0, 0.05) is 6.54 Å². The van der Waals surface area contributed by atoms with Crippen LogP contribution in [0.4, 0.5) is 4.79 Å². The van der Waals surface area contributed by atoms with Gasteiger partial charge >= 0.3 is 6.09 Å². The molecule has 0 saturated heterocycles. The van der Waals surface area contributed by atoms with Crippen LogP contribution in [0.3, 0.4) is 0 Å². The van der Waals surface area contributed by atoms with Gasteiger partial charge in [0.2, 0.25) is 6.41 Å². The van der Waals surface area contributed by atoms with Gasteiger partial charge < -0.3 is 5.11 Å². The van der Waals surface area contributed by atoms with Crippen molar-refractivity contribution < 1.29 is 14.7 Å². The Hall–Kier alpha value is -1.06. The van der Waals surface area contributed by atoms with E-state index < -0.39 is 6.09 Å². The summed E-state index contributed by atoms with van der Waals surface area (Å²) in [5.74, 6) is 0. The SMILES string of the molecule is CCCCN(C=O)C(=O)O. The van der Waals surface area contributed by atoms with Crippen LogP contribution in [0.5, 0.6) is 0 Å². The molecule has 0 aromatic carbocycles. The number of imide groups is 1. The quantitative estimate of drug-likeness (QED) is 0.598. The van der Waals surface area contributed by atoms with Crippen LogP contribution in [-0.2, 0) is 4.79 Å². The topological polar surface area (TPSA) is 57.6 Å². The molecule has 1 N–H and O–H groups in total. The van der Waals surface area contributed by atoms with Gasteiger partial charge in [-0.25, -0.2) is 4.79 Å². The van der Waals surface area contributed by atoms with Gasteiger partial charge in [-0.05, 0) is 6.42 Å². The molecular weight excluding hydrogens is 134 g/mol. The third-order valence-corrected chi connectivity index (χ3v) is 1.13. The molecule has 58 valence electrons. The summed E-state index contributed by atoms with van der Waals surface area (Å²) in [5.41, 5.74) is 0. The fraction of sp³-hybridized carbons (Fsp3) is 0.667. The zero-order chi connectivity index (χ0) is 7.98. The summed E-state index contributed by atoms with van der Waals surface area (Å²) >= 11 is 0. The van der Waals surface area contributed by atoms with Crippen molar-refractivity contribution >= 4 is 12.5 Å². The molecule has 4 heteroatoms. The molecule has 0 saturated carbocycles. The zero-order valence-electron chi connectivity index (χ0n) is 5.91. The van der Waals surface area contributed by atoms with Crippen LogP contribution in [0.15, 0.2) is 0 Å². The number of rotatable bonds is 4. The molecule has 0 aliphatic carbocycles. The monoisotopic (exact) mass is 145 g/mol. The lowest BCUT2D eigenvalue weighted by atomic mass is 10.3. The summed E-state index contributed by atoms with van der Waals surface area (Å²) in [7, 11) is 0. The Morgan fingerprint density at radius 3 is 2.60 bits per heavy atom. The summed E-state index contributed by atoms with van der Waals surface area (Å²) in [4.78, 5) is 20.9. The molecule has 0 fully saturated rings. The number of nitrogens with zero attached hydrogens (tertiary/aromatic N) is 1. The second-order valence-electron chi connectivity index (χ2n) is 1.93. The minimum Gasteiger partial charge on any atom is -0.465 e. The first kappa shape index (κ1) is 8.94.